The third-order valence-corrected chi connectivity index (χ3v) is 4.37. The highest BCUT2D eigenvalue weighted by Gasteiger charge is 2.11. The number of nitrogens with one attached hydrogen (secondary N) is 2. The number of amides is 2. The molecule has 0 fully saturated rings. The second-order valence-electron chi connectivity index (χ2n) is 6.69. The van der Waals surface area contributed by atoms with Crippen molar-refractivity contribution in [1.29, 1.82) is 0 Å². The highest BCUT2D eigenvalue weighted by atomic mass is 16.5. The topological polar surface area (TPSA) is 67.4 Å². The molecule has 0 aliphatic heterocycles. The van der Waals surface area contributed by atoms with Crippen molar-refractivity contribution >= 4 is 17.5 Å². The van der Waals surface area contributed by atoms with Crippen molar-refractivity contribution in [3.63, 3.8) is 0 Å². The number of benzene rings is 3. The lowest BCUT2D eigenvalue weighted by molar-refractivity contribution is -0.124. The van der Waals surface area contributed by atoms with Crippen LogP contribution in [0, 0.1) is 0 Å². The van der Waals surface area contributed by atoms with Gasteiger partial charge in [0.05, 0.1) is 6.04 Å². The molecule has 0 radical (unpaired) electrons. The second-order valence-corrected chi connectivity index (χ2v) is 6.69. The Kier molecular flexibility index (Phi) is 7.00. The van der Waals surface area contributed by atoms with Gasteiger partial charge in [-0.15, -0.1) is 0 Å². The van der Waals surface area contributed by atoms with E-state index in [0.29, 0.717) is 11.4 Å². The first-order valence-electron chi connectivity index (χ1n) is 9.57. The Bertz CT molecular complexity index is 925. The van der Waals surface area contributed by atoms with Crippen LogP contribution < -0.4 is 15.4 Å². The van der Waals surface area contributed by atoms with Gasteiger partial charge in [-0.1, -0.05) is 48.5 Å². The minimum atomic E-state index is -0.204. The van der Waals surface area contributed by atoms with E-state index in [1.807, 2.05) is 67.6 Å². The maximum absolute atomic E-state index is 12.1. The van der Waals surface area contributed by atoms with E-state index < -0.39 is 0 Å². The molecule has 29 heavy (non-hydrogen) atoms. The van der Waals surface area contributed by atoms with E-state index in [0.717, 1.165) is 11.3 Å². The number of para-hydroxylation sites is 1. The predicted octanol–water partition coefficient (Wildman–Crippen LogP) is 5.08. The monoisotopic (exact) mass is 388 g/mol. The molecule has 1 unspecified atom stereocenters. The van der Waals surface area contributed by atoms with Crippen LogP contribution in [0.15, 0.2) is 84.9 Å². The van der Waals surface area contributed by atoms with Crippen molar-refractivity contribution in [1.82, 2.24) is 5.32 Å². The minimum absolute atomic E-state index is 0.0936. The summed E-state index contributed by atoms with van der Waals surface area (Å²) in [4.78, 5) is 24.2. The molecule has 0 bridgehead atoms. The van der Waals surface area contributed by atoms with Crippen LogP contribution in [0.5, 0.6) is 11.5 Å². The molecule has 0 aliphatic rings. The number of carbonyl (C=O) groups excluding carboxylic acids is 2. The summed E-state index contributed by atoms with van der Waals surface area (Å²) in [5.74, 6) is 1.08. The average Bonchev–Trinajstić information content (AvgIpc) is 2.75. The van der Waals surface area contributed by atoms with Crippen LogP contribution in [0.4, 0.5) is 5.69 Å². The van der Waals surface area contributed by atoms with Gasteiger partial charge in [-0.05, 0) is 48.9 Å². The van der Waals surface area contributed by atoms with Gasteiger partial charge in [0.2, 0.25) is 11.8 Å². The van der Waals surface area contributed by atoms with Gasteiger partial charge in [-0.3, -0.25) is 9.59 Å². The number of carbonyl (C=O) groups is 2. The molecule has 3 aromatic carbocycles. The SMILES string of the molecule is CC(NC(=O)CCC(=O)Nc1ccc(Oc2ccccc2)cc1)c1ccccc1. The zero-order chi connectivity index (χ0) is 20.5. The Morgan fingerprint density at radius 3 is 1.97 bits per heavy atom. The number of rotatable bonds is 8. The Morgan fingerprint density at radius 1 is 0.759 bits per heavy atom. The molecule has 0 aliphatic carbocycles. The lowest BCUT2D eigenvalue weighted by atomic mass is 10.1. The molecular formula is C24H24N2O3. The molecule has 3 rings (SSSR count). The Hall–Kier alpha value is -3.60. The molecule has 0 saturated heterocycles. The first kappa shape index (κ1) is 20.1. The van der Waals surface area contributed by atoms with E-state index in [9.17, 15) is 9.59 Å². The van der Waals surface area contributed by atoms with Crippen molar-refractivity contribution in [3.05, 3.63) is 90.5 Å². The van der Waals surface area contributed by atoms with Gasteiger partial charge >= 0.3 is 0 Å². The fourth-order valence-electron chi connectivity index (χ4n) is 2.82. The molecule has 148 valence electrons. The van der Waals surface area contributed by atoms with Crippen molar-refractivity contribution in [3.8, 4) is 11.5 Å². The molecule has 1 atom stereocenters. The average molecular weight is 388 g/mol. The molecule has 2 N–H and O–H groups in total. The summed E-state index contributed by atoms with van der Waals surface area (Å²) in [7, 11) is 0. The zero-order valence-corrected chi connectivity index (χ0v) is 16.3. The Labute approximate surface area is 170 Å². The van der Waals surface area contributed by atoms with Gasteiger partial charge in [-0.2, -0.15) is 0 Å². The van der Waals surface area contributed by atoms with E-state index in [1.54, 1.807) is 24.3 Å². The van der Waals surface area contributed by atoms with E-state index in [-0.39, 0.29) is 30.7 Å². The van der Waals surface area contributed by atoms with Crippen molar-refractivity contribution in [2.24, 2.45) is 0 Å². The summed E-state index contributed by atoms with van der Waals surface area (Å²) in [5, 5.41) is 5.71. The smallest absolute Gasteiger partial charge is 0.224 e. The highest BCUT2D eigenvalue weighted by Crippen LogP contribution is 2.22. The summed E-state index contributed by atoms with van der Waals surface area (Å²) in [6.45, 7) is 1.92. The molecule has 0 saturated carbocycles. The standard InChI is InChI=1S/C24H24N2O3/c1-18(19-8-4-2-5-9-19)25-23(27)16-17-24(28)26-20-12-14-22(15-13-20)29-21-10-6-3-7-11-21/h2-15,18H,16-17H2,1H3,(H,25,27)(H,26,28). The third-order valence-electron chi connectivity index (χ3n) is 4.37. The van der Waals surface area contributed by atoms with E-state index >= 15 is 0 Å². The summed E-state index contributed by atoms with van der Waals surface area (Å²) in [6, 6.07) is 26.2. The maximum atomic E-state index is 12.1. The summed E-state index contributed by atoms with van der Waals surface area (Å²) < 4.78 is 5.73. The number of hydrogen-bond donors (Lipinski definition) is 2. The summed E-state index contributed by atoms with van der Waals surface area (Å²) in [5.41, 5.74) is 1.69. The highest BCUT2D eigenvalue weighted by molar-refractivity contribution is 5.93. The van der Waals surface area contributed by atoms with E-state index in [1.165, 1.54) is 0 Å². The fourth-order valence-corrected chi connectivity index (χ4v) is 2.82. The summed E-state index contributed by atoms with van der Waals surface area (Å²) in [6.07, 6.45) is 0.258. The molecular weight excluding hydrogens is 364 g/mol. The Morgan fingerprint density at radius 2 is 1.31 bits per heavy atom. The maximum Gasteiger partial charge on any atom is 0.224 e. The minimum Gasteiger partial charge on any atom is -0.457 e. The van der Waals surface area contributed by atoms with Gasteiger partial charge in [0.1, 0.15) is 11.5 Å². The van der Waals surface area contributed by atoms with Crippen molar-refractivity contribution in [2.75, 3.05) is 5.32 Å². The van der Waals surface area contributed by atoms with E-state index in [4.69, 9.17) is 4.74 Å². The van der Waals surface area contributed by atoms with Crippen LogP contribution in [-0.2, 0) is 9.59 Å². The zero-order valence-electron chi connectivity index (χ0n) is 16.3. The fraction of sp³-hybridized carbons (Fsp3) is 0.167. The van der Waals surface area contributed by atoms with Gasteiger partial charge in [0.25, 0.3) is 0 Å². The quantitative estimate of drug-likeness (QED) is 0.566. The van der Waals surface area contributed by atoms with Crippen LogP contribution in [0.25, 0.3) is 0 Å². The van der Waals surface area contributed by atoms with Gasteiger partial charge in [-0.25, -0.2) is 0 Å². The normalized spacial score (nSPS) is 11.3. The van der Waals surface area contributed by atoms with Gasteiger partial charge in [0, 0.05) is 18.5 Å². The lowest BCUT2D eigenvalue weighted by Gasteiger charge is -2.14. The van der Waals surface area contributed by atoms with Crippen LogP contribution in [0.2, 0.25) is 0 Å². The molecule has 2 amide bonds. The van der Waals surface area contributed by atoms with Crippen molar-refractivity contribution < 1.29 is 14.3 Å². The van der Waals surface area contributed by atoms with Crippen LogP contribution in [0.3, 0.4) is 0 Å². The van der Waals surface area contributed by atoms with Crippen LogP contribution >= 0.6 is 0 Å². The van der Waals surface area contributed by atoms with Crippen molar-refractivity contribution in [2.45, 2.75) is 25.8 Å². The molecule has 3 aromatic rings. The largest absolute Gasteiger partial charge is 0.457 e. The van der Waals surface area contributed by atoms with Gasteiger partial charge < -0.3 is 15.4 Å². The molecule has 5 heteroatoms. The van der Waals surface area contributed by atoms with Crippen LogP contribution in [-0.4, -0.2) is 11.8 Å². The second kappa shape index (κ2) is 10.1. The number of anilines is 1. The summed E-state index contributed by atoms with van der Waals surface area (Å²) >= 11 is 0. The van der Waals surface area contributed by atoms with Gasteiger partial charge in [0.15, 0.2) is 0 Å². The third kappa shape index (κ3) is 6.50. The molecule has 0 spiro atoms. The predicted molar refractivity (Wildman–Crippen MR) is 114 cm³/mol. The number of hydrogen-bond acceptors (Lipinski definition) is 3. The Balaban J connectivity index is 1.42. The van der Waals surface area contributed by atoms with E-state index in [2.05, 4.69) is 10.6 Å². The lowest BCUT2D eigenvalue weighted by Crippen LogP contribution is -2.27. The molecule has 5 nitrogen and oxygen atoms in total. The molecule has 0 heterocycles. The molecule has 0 aromatic heterocycles. The first-order chi connectivity index (χ1) is 14.1. The first-order valence-corrected chi connectivity index (χ1v) is 9.57. The number of ether oxygens (including phenoxy) is 1. The van der Waals surface area contributed by atoms with Crippen LogP contribution in [0.1, 0.15) is 31.4 Å².